The first-order chi connectivity index (χ1) is 9.88. The Morgan fingerprint density at radius 2 is 1.76 bits per heavy atom. The molecule has 0 saturated heterocycles. The molecule has 0 atom stereocenters. The summed E-state index contributed by atoms with van der Waals surface area (Å²) in [5.41, 5.74) is -0.513. The summed E-state index contributed by atoms with van der Waals surface area (Å²) in [6, 6.07) is 6.86. The number of nitro benzene ring substituents is 2. The number of hydrogen-bond acceptors (Lipinski definition) is 5. The molecule has 0 unspecified atom stereocenters. The summed E-state index contributed by atoms with van der Waals surface area (Å²) in [6.07, 6.45) is 0. The van der Waals surface area contributed by atoms with Gasteiger partial charge in [-0.15, -0.1) is 0 Å². The minimum atomic E-state index is -0.750. The summed E-state index contributed by atoms with van der Waals surface area (Å²) in [7, 11) is 0. The Balaban J connectivity index is 2.41. The first kappa shape index (κ1) is 14.7. The van der Waals surface area contributed by atoms with Crippen molar-refractivity contribution in [1.29, 1.82) is 0 Å². The molecule has 0 spiro atoms. The number of non-ortho nitro benzene ring substituents is 1. The van der Waals surface area contributed by atoms with E-state index in [0.29, 0.717) is 5.69 Å². The van der Waals surface area contributed by atoms with Crippen LogP contribution in [0, 0.1) is 26.0 Å². The van der Waals surface area contributed by atoms with Gasteiger partial charge in [-0.2, -0.15) is 0 Å². The normalized spacial score (nSPS) is 10.2. The van der Waals surface area contributed by atoms with Gasteiger partial charge in [0.2, 0.25) is 0 Å². The minimum Gasteiger partial charge on any atom is -0.350 e. The van der Waals surface area contributed by atoms with E-state index >= 15 is 0 Å². The number of nitro groups is 2. The van der Waals surface area contributed by atoms with E-state index in [4.69, 9.17) is 11.6 Å². The lowest BCUT2D eigenvalue weighted by Gasteiger charge is -2.07. The monoisotopic (exact) mass is 311 g/mol. The van der Waals surface area contributed by atoms with Crippen molar-refractivity contribution < 1.29 is 14.2 Å². The van der Waals surface area contributed by atoms with Gasteiger partial charge in [-0.05, 0) is 24.3 Å². The van der Waals surface area contributed by atoms with Crippen molar-refractivity contribution >= 4 is 34.4 Å². The van der Waals surface area contributed by atoms with Crippen LogP contribution in [0.1, 0.15) is 0 Å². The van der Waals surface area contributed by atoms with Crippen LogP contribution >= 0.6 is 11.6 Å². The lowest BCUT2D eigenvalue weighted by molar-refractivity contribution is -0.393. The van der Waals surface area contributed by atoms with Gasteiger partial charge in [-0.25, -0.2) is 4.39 Å². The summed E-state index contributed by atoms with van der Waals surface area (Å²) in [5.74, 6) is -0.625. The molecule has 21 heavy (non-hydrogen) atoms. The summed E-state index contributed by atoms with van der Waals surface area (Å²) in [6.45, 7) is 0. The number of nitrogens with one attached hydrogen (secondary N) is 1. The van der Waals surface area contributed by atoms with Crippen molar-refractivity contribution in [1.82, 2.24) is 0 Å². The Labute approximate surface area is 122 Å². The molecular formula is C12H7ClFN3O4. The Morgan fingerprint density at radius 3 is 2.33 bits per heavy atom. The third-order valence-electron chi connectivity index (χ3n) is 2.59. The molecule has 0 aromatic heterocycles. The van der Waals surface area contributed by atoms with Crippen LogP contribution in [0.15, 0.2) is 36.4 Å². The Hall–Kier alpha value is -2.74. The third kappa shape index (κ3) is 3.23. The number of anilines is 2. The highest BCUT2D eigenvalue weighted by molar-refractivity contribution is 6.31. The van der Waals surface area contributed by atoms with Crippen LogP contribution < -0.4 is 5.32 Å². The van der Waals surface area contributed by atoms with Gasteiger partial charge in [0.25, 0.3) is 11.4 Å². The van der Waals surface area contributed by atoms with Crippen LogP contribution in [0.3, 0.4) is 0 Å². The van der Waals surface area contributed by atoms with E-state index in [0.717, 1.165) is 18.2 Å². The van der Waals surface area contributed by atoms with E-state index in [1.54, 1.807) is 0 Å². The topological polar surface area (TPSA) is 98.3 Å². The zero-order valence-corrected chi connectivity index (χ0v) is 11.0. The fourth-order valence-corrected chi connectivity index (χ4v) is 1.80. The largest absolute Gasteiger partial charge is 0.350 e. The van der Waals surface area contributed by atoms with E-state index in [-0.39, 0.29) is 10.7 Å². The predicted molar refractivity (Wildman–Crippen MR) is 74.4 cm³/mol. The molecule has 0 saturated carbocycles. The van der Waals surface area contributed by atoms with Crippen molar-refractivity contribution in [3.8, 4) is 0 Å². The molecule has 0 aliphatic heterocycles. The SMILES string of the molecule is O=[N+]([O-])c1ccc(Nc2ccc(F)c(Cl)c2)c([N+](=O)[O-])c1. The molecule has 2 aromatic rings. The summed E-state index contributed by atoms with van der Waals surface area (Å²) >= 11 is 5.61. The molecule has 0 bridgehead atoms. The highest BCUT2D eigenvalue weighted by Gasteiger charge is 2.19. The molecule has 0 amide bonds. The van der Waals surface area contributed by atoms with Crippen LogP contribution in [0.25, 0.3) is 0 Å². The van der Waals surface area contributed by atoms with Gasteiger partial charge in [-0.3, -0.25) is 20.2 Å². The number of hydrogen-bond donors (Lipinski definition) is 1. The highest BCUT2D eigenvalue weighted by Crippen LogP contribution is 2.32. The van der Waals surface area contributed by atoms with Crippen LogP contribution in [0.4, 0.5) is 27.1 Å². The van der Waals surface area contributed by atoms with Crippen molar-refractivity contribution in [3.63, 3.8) is 0 Å². The highest BCUT2D eigenvalue weighted by atomic mass is 35.5. The second-order valence-electron chi connectivity index (χ2n) is 3.97. The zero-order chi connectivity index (χ0) is 15.6. The molecule has 9 heteroatoms. The first-order valence-corrected chi connectivity index (χ1v) is 5.91. The first-order valence-electron chi connectivity index (χ1n) is 5.53. The van der Waals surface area contributed by atoms with Gasteiger partial charge >= 0.3 is 0 Å². The molecule has 7 nitrogen and oxygen atoms in total. The Kier molecular flexibility index (Phi) is 3.99. The van der Waals surface area contributed by atoms with Gasteiger partial charge in [-0.1, -0.05) is 11.6 Å². The number of rotatable bonds is 4. The fourth-order valence-electron chi connectivity index (χ4n) is 1.62. The van der Waals surface area contributed by atoms with E-state index < -0.39 is 27.0 Å². The average molecular weight is 312 g/mol. The third-order valence-corrected chi connectivity index (χ3v) is 2.88. The molecule has 108 valence electrons. The smallest absolute Gasteiger partial charge is 0.299 e. The van der Waals surface area contributed by atoms with Crippen molar-refractivity contribution in [2.75, 3.05) is 5.32 Å². The molecule has 1 N–H and O–H groups in total. The van der Waals surface area contributed by atoms with Gasteiger partial charge < -0.3 is 5.32 Å². The van der Waals surface area contributed by atoms with E-state index in [1.807, 2.05) is 0 Å². The predicted octanol–water partition coefficient (Wildman–Crippen LogP) is 4.04. The summed E-state index contributed by atoms with van der Waals surface area (Å²) < 4.78 is 13.0. The van der Waals surface area contributed by atoms with Crippen LogP contribution in [-0.2, 0) is 0 Å². The number of benzene rings is 2. The second kappa shape index (κ2) is 5.71. The fraction of sp³-hybridized carbons (Fsp3) is 0. The number of halogens is 2. The lowest BCUT2D eigenvalue weighted by atomic mass is 10.2. The molecule has 0 radical (unpaired) electrons. The van der Waals surface area contributed by atoms with Crippen molar-refractivity contribution in [2.45, 2.75) is 0 Å². The molecule has 0 aliphatic rings. The quantitative estimate of drug-likeness (QED) is 0.678. The molecule has 2 rings (SSSR count). The maximum absolute atomic E-state index is 13.0. The van der Waals surface area contributed by atoms with Gasteiger partial charge in [0.15, 0.2) is 0 Å². The van der Waals surface area contributed by atoms with Crippen molar-refractivity contribution in [2.24, 2.45) is 0 Å². The van der Waals surface area contributed by atoms with Crippen molar-refractivity contribution in [3.05, 3.63) is 67.5 Å². The summed E-state index contributed by atoms with van der Waals surface area (Å²) in [5, 5.41) is 24.1. The number of nitrogens with zero attached hydrogens (tertiary/aromatic N) is 2. The van der Waals surface area contributed by atoms with Crippen LogP contribution in [0.5, 0.6) is 0 Å². The van der Waals surface area contributed by atoms with Crippen LogP contribution in [-0.4, -0.2) is 9.85 Å². The standard InChI is InChI=1S/C12H7ClFN3O4/c13-9-5-7(1-3-10(9)14)15-11-4-2-8(16(18)19)6-12(11)17(20)21/h1-6,15H. The molecular weight excluding hydrogens is 305 g/mol. The second-order valence-corrected chi connectivity index (χ2v) is 4.38. The minimum absolute atomic E-state index is 0.0354. The van der Waals surface area contributed by atoms with Gasteiger partial charge in [0.05, 0.1) is 20.9 Å². The summed E-state index contributed by atoms with van der Waals surface area (Å²) in [4.78, 5) is 20.1. The van der Waals surface area contributed by atoms with E-state index in [1.165, 1.54) is 18.2 Å². The van der Waals surface area contributed by atoms with Crippen LogP contribution in [0.2, 0.25) is 5.02 Å². The maximum Gasteiger partial charge on any atom is 0.299 e. The maximum atomic E-state index is 13.0. The van der Waals surface area contributed by atoms with E-state index in [2.05, 4.69) is 5.32 Å². The lowest BCUT2D eigenvalue weighted by Crippen LogP contribution is -1.99. The average Bonchev–Trinajstić information content (AvgIpc) is 2.43. The molecule has 0 heterocycles. The van der Waals surface area contributed by atoms with Gasteiger partial charge in [0.1, 0.15) is 11.5 Å². The van der Waals surface area contributed by atoms with E-state index in [9.17, 15) is 24.6 Å². The molecule has 0 aliphatic carbocycles. The molecule has 2 aromatic carbocycles. The Morgan fingerprint density at radius 1 is 1.05 bits per heavy atom. The molecule has 0 fully saturated rings. The zero-order valence-electron chi connectivity index (χ0n) is 10.2. The van der Waals surface area contributed by atoms with Gasteiger partial charge in [0, 0.05) is 11.8 Å². The Bertz CT molecular complexity index is 738.